The van der Waals surface area contributed by atoms with Gasteiger partial charge >= 0.3 is 0 Å². The van der Waals surface area contributed by atoms with Crippen molar-refractivity contribution in [1.82, 2.24) is 20.4 Å². The van der Waals surface area contributed by atoms with Crippen molar-refractivity contribution in [2.75, 3.05) is 20.6 Å². The third kappa shape index (κ3) is 4.06. The number of aromatic amines is 1. The zero-order valence-corrected chi connectivity index (χ0v) is 12.7. The maximum Gasteiger partial charge on any atom is 0.254 e. The predicted octanol–water partition coefficient (Wildman–Crippen LogP) is 1.81. The fourth-order valence-electron chi connectivity index (χ4n) is 2.48. The Kier molecular flexibility index (Phi) is 6.02. The lowest BCUT2D eigenvalue weighted by molar-refractivity contribution is 0.0928. The second-order valence-electron chi connectivity index (χ2n) is 5.23. The Morgan fingerprint density at radius 1 is 1.42 bits per heavy atom. The van der Waals surface area contributed by atoms with Crippen molar-refractivity contribution in [3.8, 4) is 0 Å². The van der Waals surface area contributed by atoms with Crippen LogP contribution in [-0.4, -0.2) is 47.7 Å². The zero-order chi connectivity index (χ0) is 14.4. The highest BCUT2D eigenvalue weighted by Gasteiger charge is 2.22. The summed E-state index contributed by atoms with van der Waals surface area (Å²) < 4.78 is 0. The van der Waals surface area contributed by atoms with Crippen molar-refractivity contribution >= 4 is 5.91 Å². The van der Waals surface area contributed by atoms with Crippen LogP contribution in [0.4, 0.5) is 0 Å². The second kappa shape index (κ2) is 7.28. The summed E-state index contributed by atoms with van der Waals surface area (Å²) in [6.07, 6.45) is 3.83. The van der Waals surface area contributed by atoms with Crippen LogP contribution in [0.1, 0.15) is 42.7 Å². The van der Waals surface area contributed by atoms with Gasteiger partial charge in [-0.2, -0.15) is 5.10 Å². The lowest BCUT2D eigenvalue weighted by Gasteiger charge is -2.31. The van der Waals surface area contributed by atoms with Crippen LogP contribution in [0.25, 0.3) is 0 Å². The largest absolute Gasteiger partial charge is 0.350 e. The first-order valence-corrected chi connectivity index (χ1v) is 6.95. The number of nitrogens with one attached hydrogen (secondary N) is 2. The first-order valence-electron chi connectivity index (χ1n) is 6.95. The van der Waals surface area contributed by atoms with Crippen LogP contribution >= 0.6 is 0 Å². The standard InChI is InChI=1S/C14H26N4O/c1-6-11(7-2)13(18(4)5)9-15-14(19)12-8-16-17-10(12)3/h8,11,13H,6-7,9H2,1-5H3,(H,15,19)(H,16,17). The molecule has 108 valence electrons. The molecule has 1 aromatic heterocycles. The van der Waals surface area contributed by atoms with E-state index in [9.17, 15) is 4.79 Å². The molecule has 0 bridgehead atoms. The van der Waals surface area contributed by atoms with Crippen molar-refractivity contribution in [2.45, 2.75) is 39.7 Å². The number of aromatic nitrogens is 2. The summed E-state index contributed by atoms with van der Waals surface area (Å²) >= 11 is 0. The smallest absolute Gasteiger partial charge is 0.254 e. The number of hydrogen-bond acceptors (Lipinski definition) is 3. The molecule has 1 amide bonds. The first-order chi connectivity index (χ1) is 9.01. The summed E-state index contributed by atoms with van der Waals surface area (Å²) in [6.45, 7) is 6.93. The lowest BCUT2D eigenvalue weighted by Crippen LogP contribution is -2.44. The lowest BCUT2D eigenvalue weighted by atomic mass is 9.93. The number of aryl methyl sites for hydroxylation is 1. The molecule has 0 aliphatic rings. The highest BCUT2D eigenvalue weighted by atomic mass is 16.1. The minimum atomic E-state index is -0.0518. The van der Waals surface area contributed by atoms with Crippen LogP contribution < -0.4 is 5.32 Å². The molecule has 0 fully saturated rings. The highest BCUT2D eigenvalue weighted by Crippen LogP contribution is 2.16. The first kappa shape index (κ1) is 15.7. The molecule has 1 unspecified atom stereocenters. The van der Waals surface area contributed by atoms with E-state index >= 15 is 0 Å². The molecule has 19 heavy (non-hydrogen) atoms. The summed E-state index contributed by atoms with van der Waals surface area (Å²) in [7, 11) is 4.14. The maximum absolute atomic E-state index is 12.1. The van der Waals surface area contributed by atoms with Gasteiger partial charge in [-0.25, -0.2) is 0 Å². The highest BCUT2D eigenvalue weighted by molar-refractivity contribution is 5.94. The maximum atomic E-state index is 12.1. The van der Waals surface area contributed by atoms with E-state index < -0.39 is 0 Å². The van der Waals surface area contributed by atoms with E-state index in [4.69, 9.17) is 0 Å². The van der Waals surface area contributed by atoms with Gasteiger partial charge in [0, 0.05) is 18.3 Å². The predicted molar refractivity (Wildman–Crippen MR) is 77.2 cm³/mol. The third-order valence-electron chi connectivity index (χ3n) is 3.80. The van der Waals surface area contributed by atoms with Gasteiger partial charge in [0.15, 0.2) is 0 Å². The molecule has 0 spiro atoms. The molecule has 0 saturated heterocycles. The molecule has 0 aliphatic heterocycles. The Balaban J connectivity index is 2.62. The van der Waals surface area contributed by atoms with Crippen LogP contribution in [0.5, 0.6) is 0 Å². The number of H-pyrrole nitrogens is 1. The zero-order valence-electron chi connectivity index (χ0n) is 12.7. The summed E-state index contributed by atoms with van der Waals surface area (Å²) in [5.74, 6) is 0.546. The van der Waals surface area contributed by atoms with Crippen LogP contribution in [0.3, 0.4) is 0 Å². The molecule has 2 N–H and O–H groups in total. The van der Waals surface area contributed by atoms with Crippen molar-refractivity contribution < 1.29 is 4.79 Å². The van der Waals surface area contributed by atoms with Crippen LogP contribution in [-0.2, 0) is 0 Å². The molecule has 0 aliphatic carbocycles. The second-order valence-corrected chi connectivity index (χ2v) is 5.23. The topological polar surface area (TPSA) is 61.0 Å². The Morgan fingerprint density at radius 3 is 2.47 bits per heavy atom. The van der Waals surface area contributed by atoms with Gasteiger partial charge in [0.2, 0.25) is 0 Å². The molecule has 1 atom stereocenters. The van der Waals surface area contributed by atoms with Gasteiger partial charge in [0.25, 0.3) is 5.91 Å². The van der Waals surface area contributed by atoms with E-state index in [-0.39, 0.29) is 5.91 Å². The molecular formula is C14H26N4O. The monoisotopic (exact) mass is 266 g/mol. The Bertz CT molecular complexity index is 396. The van der Waals surface area contributed by atoms with Gasteiger partial charge < -0.3 is 10.2 Å². The van der Waals surface area contributed by atoms with E-state index in [2.05, 4.69) is 48.4 Å². The van der Waals surface area contributed by atoms with Crippen LogP contribution in [0.15, 0.2) is 6.20 Å². The molecule has 5 nitrogen and oxygen atoms in total. The van der Waals surface area contributed by atoms with Crippen molar-refractivity contribution in [1.29, 1.82) is 0 Å². The Labute approximate surface area is 115 Å². The van der Waals surface area contributed by atoms with E-state index in [1.807, 2.05) is 6.92 Å². The number of amides is 1. The third-order valence-corrected chi connectivity index (χ3v) is 3.80. The minimum Gasteiger partial charge on any atom is -0.350 e. The number of hydrogen-bond donors (Lipinski definition) is 2. The minimum absolute atomic E-state index is 0.0518. The molecule has 1 rings (SSSR count). The number of likely N-dealkylation sites (N-methyl/N-ethyl adjacent to an activating group) is 1. The summed E-state index contributed by atoms with van der Waals surface area (Å²) in [6, 6.07) is 0.367. The fraction of sp³-hybridized carbons (Fsp3) is 0.714. The molecule has 0 saturated carbocycles. The van der Waals surface area contributed by atoms with Crippen LogP contribution in [0, 0.1) is 12.8 Å². The Morgan fingerprint density at radius 2 is 2.05 bits per heavy atom. The summed E-state index contributed by atoms with van der Waals surface area (Å²) in [5.41, 5.74) is 1.43. The van der Waals surface area contributed by atoms with E-state index in [1.165, 1.54) is 0 Å². The SMILES string of the molecule is CCC(CC)C(CNC(=O)c1cn[nH]c1C)N(C)C. The number of carbonyl (C=O) groups is 1. The summed E-state index contributed by atoms with van der Waals surface area (Å²) in [5, 5.41) is 9.68. The fourth-order valence-corrected chi connectivity index (χ4v) is 2.48. The summed E-state index contributed by atoms with van der Waals surface area (Å²) in [4.78, 5) is 14.3. The number of rotatable bonds is 7. The Hall–Kier alpha value is -1.36. The molecular weight excluding hydrogens is 240 g/mol. The van der Waals surface area contributed by atoms with E-state index in [0.717, 1.165) is 18.5 Å². The van der Waals surface area contributed by atoms with E-state index in [1.54, 1.807) is 6.20 Å². The average Bonchev–Trinajstić information content (AvgIpc) is 2.80. The van der Waals surface area contributed by atoms with E-state index in [0.29, 0.717) is 24.1 Å². The number of carbonyl (C=O) groups excluding carboxylic acids is 1. The molecule has 1 aromatic rings. The van der Waals surface area contributed by atoms with Gasteiger partial charge in [0.1, 0.15) is 0 Å². The normalized spacial score (nSPS) is 13.0. The molecule has 5 heteroatoms. The van der Waals surface area contributed by atoms with Gasteiger partial charge in [0.05, 0.1) is 11.8 Å². The van der Waals surface area contributed by atoms with Crippen molar-refractivity contribution in [3.63, 3.8) is 0 Å². The molecule has 1 heterocycles. The average molecular weight is 266 g/mol. The van der Waals surface area contributed by atoms with Gasteiger partial charge in [-0.3, -0.25) is 9.89 Å². The molecule has 0 radical (unpaired) electrons. The van der Waals surface area contributed by atoms with Crippen LogP contribution in [0.2, 0.25) is 0 Å². The van der Waals surface area contributed by atoms with Crippen molar-refractivity contribution in [3.05, 3.63) is 17.5 Å². The van der Waals surface area contributed by atoms with Gasteiger partial charge in [-0.1, -0.05) is 26.7 Å². The van der Waals surface area contributed by atoms with Crippen molar-refractivity contribution in [2.24, 2.45) is 5.92 Å². The molecule has 0 aromatic carbocycles. The van der Waals surface area contributed by atoms with Gasteiger partial charge in [-0.15, -0.1) is 0 Å². The quantitative estimate of drug-likeness (QED) is 0.791. The number of nitrogens with zero attached hydrogens (tertiary/aromatic N) is 2. The van der Waals surface area contributed by atoms with Gasteiger partial charge in [-0.05, 0) is 26.9 Å².